The third-order valence-corrected chi connectivity index (χ3v) is 4.88. The molecule has 0 aliphatic heterocycles. The molecule has 1 aromatic heterocycles. The summed E-state index contributed by atoms with van der Waals surface area (Å²) < 4.78 is 6.22. The lowest BCUT2D eigenvalue weighted by Gasteiger charge is -2.07. The SMILES string of the molecule is Bc1ccc2c3ccc(B)cc3c3oc(-c4ccc(O)cc4)nc3c2c1. The minimum Gasteiger partial charge on any atom is -0.508 e. The highest BCUT2D eigenvalue weighted by atomic mass is 16.3. The van der Waals surface area contributed by atoms with Crippen molar-refractivity contribution in [2.24, 2.45) is 0 Å². The van der Waals surface area contributed by atoms with Crippen molar-refractivity contribution in [2.75, 3.05) is 0 Å². The van der Waals surface area contributed by atoms with Crippen LogP contribution in [0.3, 0.4) is 0 Å². The number of nitrogens with zero attached hydrogens (tertiary/aromatic N) is 1. The Hall–Kier alpha value is -3.20. The van der Waals surface area contributed by atoms with Gasteiger partial charge in [-0.05, 0) is 35.0 Å². The van der Waals surface area contributed by atoms with Crippen LogP contribution in [-0.4, -0.2) is 25.8 Å². The third-order valence-electron chi connectivity index (χ3n) is 4.88. The van der Waals surface area contributed by atoms with Crippen molar-refractivity contribution in [3.63, 3.8) is 0 Å². The molecule has 122 valence electrons. The number of benzene rings is 4. The van der Waals surface area contributed by atoms with E-state index in [4.69, 9.17) is 9.40 Å². The van der Waals surface area contributed by atoms with E-state index in [-0.39, 0.29) is 5.75 Å². The fraction of sp³-hybridized carbons (Fsp3) is 0. The summed E-state index contributed by atoms with van der Waals surface area (Å²) in [6, 6.07) is 19.8. The van der Waals surface area contributed by atoms with Gasteiger partial charge < -0.3 is 9.52 Å². The Morgan fingerprint density at radius 1 is 0.731 bits per heavy atom. The molecular formula is C21H15B2NO2. The molecule has 0 atom stereocenters. The highest BCUT2D eigenvalue weighted by Crippen LogP contribution is 2.36. The molecule has 0 aliphatic carbocycles. The van der Waals surface area contributed by atoms with Crippen LogP contribution in [0.5, 0.6) is 5.75 Å². The number of aromatic hydroxyl groups is 1. The molecule has 4 aromatic carbocycles. The van der Waals surface area contributed by atoms with Gasteiger partial charge in [0.15, 0.2) is 5.58 Å². The zero-order valence-electron chi connectivity index (χ0n) is 14.6. The van der Waals surface area contributed by atoms with Crippen molar-refractivity contribution >= 4 is 59.3 Å². The molecule has 3 nitrogen and oxygen atoms in total. The van der Waals surface area contributed by atoms with E-state index in [1.807, 2.05) is 12.1 Å². The molecule has 0 spiro atoms. The Morgan fingerprint density at radius 2 is 1.35 bits per heavy atom. The number of hydrogen-bond acceptors (Lipinski definition) is 3. The zero-order chi connectivity index (χ0) is 17.8. The second kappa shape index (κ2) is 5.40. The van der Waals surface area contributed by atoms with Gasteiger partial charge in [0, 0.05) is 16.3 Å². The van der Waals surface area contributed by atoms with Crippen molar-refractivity contribution in [1.29, 1.82) is 0 Å². The fourth-order valence-electron chi connectivity index (χ4n) is 3.58. The summed E-state index contributed by atoms with van der Waals surface area (Å²) in [5, 5.41) is 14.1. The van der Waals surface area contributed by atoms with Gasteiger partial charge in [-0.1, -0.05) is 47.3 Å². The van der Waals surface area contributed by atoms with Gasteiger partial charge >= 0.3 is 0 Å². The first-order valence-electron chi connectivity index (χ1n) is 8.63. The second-order valence-electron chi connectivity index (χ2n) is 6.84. The van der Waals surface area contributed by atoms with E-state index in [1.54, 1.807) is 12.1 Å². The number of phenols is 1. The highest BCUT2D eigenvalue weighted by molar-refractivity contribution is 6.36. The standard InChI is InChI=1S/C21H15B2NO2/c22-12-3-7-15-16-8-4-13(23)10-18(16)20-19(17(15)9-12)24-21(26-20)11-1-5-14(25)6-2-11/h1-10,25H,22-23H2. The molecule has 1 N–H and O–H groups in total. The summed E-state index contributed by atoms with van der Waals surface area (Å²) in [6.45, 7) is 0. The summed E-state index contributed by atoms with van der Waals surface area (Å²) in [7, 11) is 4.17. The average Bonchev–Trinajstić information content (AvgIpc) is 3.08. The number of phenolic OH excluding ortho intramolecular Hbond substituents is 1. The van der Waals surface area contributed by atoms with Gasteiger partial charge in [0.1, 0.15) is 27.0 Å². The van der Waals surface area contributed by atoms with Crippen LogP contribution in [-0.2, 0) is 0 Å². The number of hydrogen-bond donors (Lipinski definition) is 1. The van der Waals surface area contributed by atoms with Gasteiger partial charge in [0.2, 0.25) is 5.89 Å². The fourth-order valence-corrected chi connectivity index (χ4v) is 3.58. The summed E-state index contributed by atoms with van der Waals surface area (Å²) in [5.74, 6) is 0.795. The predicted molar refractivity (Wildman–Crippen MR) is 112 cm³/mol. The first-order chi connectivity index (χ1) is 12.6. The maximum Gasteiger partial charge on any atom is 0.227 e. The molecular weight excluding hydrogens is 320 g/mol. The maximum atomic E-state index is 9.54. The minimum absolute atomic E-state index is 0.229. The van der Waals surface area contributed by atoms with Crippen molar-refractivity contribution in [1.82, 2.24) is 4.98 Å². The quantitative estimate of drug-likeness (QED) is 0.377. The zero-order valence-corrected chi connectivity index (χ0v) is 14.6. The van der Waals surface area contributed by atoms with E-state index >= 15 is 0 Å². The van der Waals surface area contributed by atoms with Gasteiger partial charge in [-0.25, -0.2) is 4.98 Å². The van der Waals surface area contributed by atoms with Gasteiger partial charge in [-0.2, -0.15) is 0 Å². The Morgan fingerprint density at radius 3 is 2.04 bits per heavy atom. The van der Waals surface area contributed by atoms with Crippen LogP contribution in [0.1, 0.15) is 0 Å². The first-order valence-corrected chi connectivity index (χ1v) is 8.63. The van der Waals surface area contributed by atoms with Crippen molar-refractivity contribution < 1.29 is 9.52 Å². The smallest absolute Gasteiger partial charge is 0.227 e. The van der Waals surface area contributed by atoms with Crippen molar-refractivity contribution in [3.8, 4) is 17.2 Å². The van der Waals surface area contributed by atoms with Crippen LogP contribution in [0.15, 0.2) is 65.1 Å². The molecule has 0 unspecified atom stereocenters. The van der Waals surface area contributed by atoms with E-state index in [0.29, 0.717) is 5.89 Å². The molecule has 0 bridgehead atoms. The topological polar surface area (TPSA) is 46.3 Å². The van der Waals surface area contributed by atoms with Crippen molar-refractivity contribution in [3.05, 3.63) is 60.7 Å². The molecule has 5 rings (SSSR count). The van der Waals surface area contributed by atoms with E-state index in [9.17, 15) is 5.11 Å². The molecule has 0 aliphatic rings. The molecule has 5 aromatic rings. The lowest BCUT2D eigenvalue weighted by Crippen LogP contribution is -2.02. The van der Waals surface area contributed by atoms with Crippen molar-refractivity contribution in [2.45, 2.75) is 0 Å². The second-order valence-corrected chi connectivity index (χ2v) is 6.84. The number of aromatic nitrogens is 1. The molecule has 0 amide bonds. The van der Waals surface area contributed by atoms with E-state index in [2.05, 4.69) is 52.1 Å². The maximum absolute atomic E-state index is 9.54. The number of rotatable bonds is 1. The molecule has 0 radical (unpaired) electrons. The summed E-state index contributed by atoms with van der Waals surface area (Å²) >= 11 is 0. The van der Waals surface area contributed by atoms with Gasteiger partial charge in [0.25, 0.3) is 0 Å². The Kier molecular flexibility index (Phi) is 3.13. The van der Waals surface area contributed by atoms with Crippen LogP contribution in [0.4, 0.5) is 0 Å². The molecule has 0 fully saturated rings. The van der Waals surface area contributed by atoms with Gasteiger partial charge in [-0.15, -0.1) is 0 Å². The minimum atomic E-state index is 0.229. The van der Waals surface area contributed by atoms with E-state index in [0.717, 1.165) is 27.4 Å². The van der Waals surface area contributed by atoms with Crippen LogP contribution >= 0.6 is 0 Å². The lowest BCUT2D eigenvalue weighted by molar-refractivity contribution is 0.475. The Labute approximate surface area is 152 Å². The van der Waals surface area contributed by atoms with E-state index < -0.39 is 0 Å². The van der Waals surface area contributed by atoms with E-state index in [1.165, 1.54) is 21.7 Å². The summed E-state index contributed by atoms with van der Waals surface area (Å²) in [5.41, 5.74) is 4.92. The monoisotopic (exact) mass is 335 g/mol. The third kappa shape index (κ3) is 2.21. The number of oxazole rings is 1. The molecule has 26 heavy (non-hydrogen) atoms. The largest absolute Gasteiger partial charge is 0.508 e. The normalized spacial score (nSPS) is 11.5. The molecule has 0 saturated heterocycles. The highest BCUT2D eigenvalue weighted by Gasteiger charge is 2.16. The molecule has 1 heterocycles. The lowest BCUT2D eigenvalue weighted by atomic mass is 9.88. The van der Waals surface area contributed by atoms with Gasteiger partial charge in [-0.3, -0.25) is 0 Å². The average molecular weight is 335 g/mol. The van der Waals surface area contributed by atoms with Crippen LogP contribution < -0.4 is 10.9 Å². The Balaban J connectivity index is 1.95. The first kappa shape index (κ1) is 15.1. The van der Waals surface area contributed by atoms with Crippen LogP contribution in [0, 0.1) is 0 Å². The summed E-state index contributed by atoms with van der Waals surface area (Å²) in [6.07, 6.45) is 0. The van der Waals surface area contributed by atoms with Gasteiger partial charge in [0.05, 0.1) is 0 Å². The number of fused-ring (bicyclic) bond motifs is 6. The molecule has 0 saturated carbocycles. The molecule has 5 heteroatoms. The Bertz CT molecular complexity index is 1230. The summed E-state index contributed by atoms with van der Waals surface area (Å²) in [4.78, 5) is 4.81. The van der Waals surface area contributed by atoms with Crippen LogP contribution in [0.2, 0.25) is 0 Å². The van der Waals surface area contributed by atoms with Crippen LogP contribution in [0.25, 0.3) is 44.1 Å². The predicted octanol–water partition coefficient (Wildman–Crippen LogP) is 2.02.